The third-order valence-corrected chi connectivity index (χ3v) is 4.73. The summed E-state index contributed by atoms with van der Waals surface area (Å²) in [7, 11) is 0. The van der Waals surface area contributed by atoms with E-state index in [4.69, 9.17) is 4.98 Å². The van der Waals surface area contributed by atoms with Gasteiger partial charge in [-0.3, -0.25) is 4.79 Å². The number of nitrogens with zero attached hydrogens (tertiary/aromatic N) is 7. The predicted octanol–water partition coefficient (Wildman–Crippen LogP) is 1.28. The van der Waals surface area contributed by atoms with Crippen LogP contribution in [0.2, 0.25) is 0 Å². The van der Waals surface area contributed by atoms with Crippen LogP contribution >= 0.6 is 0 Å². The fraction of sp³-hybridized carbons (Fsp3) is 0.500. The predicted molar refractivity (Wildman–Crippen MR) is 100 cm³/mol. The average Bonchev–Trinajstić information content (AvgIpc) is 3.20. The molecule has 0 radical (unpaired) electrons. The van der Waals surface area contributed by atoms with Crippen LogP contribution in [0.3, 0.4) is 0 Å². The maximum atomic E-state index is 12.1. The van der Waals surface area contributed by atoms with Gasteiger partial charge in [-0.1, -0.05) is 0 Å². The maximum Gasteiger partial charge on any atom is 0.254 e. The molecule has 9 heteroatoms. The molecular weight excluding hydrogens is 344 g/mol. The number of nitrogens with one attached hydrogen (secondary N) is 1. The van der Waals surface area contributed by atoms with Crippen LogP contribution in [-0.4, -0.2) is 47.6 Å². The maximum absolute atomic E-state index is 12.1. The zero-order valence-corrected chi connectivity index (χ0v) is 16.0. The number of carbonyl (C=O) groups excluding carboxylic acids is 1. The number of carbonyl (C=O) groups is 1. The van der Waals surface area contributed by atoms with Crippen LogP contribution in [-0.2, 0) is 17.8 Å². The van der Waals surface area contributed by atoms with Crippen molar-refractivity contribution in [1.29, 1.82) is 0 Å². The van der Waals surface area contributed by atoms with Crippen LogP contribution in [0.1, 0.15) is 44.0 Å². The molecule has 0 fully saturated rings. The van der Waals surface area contributed by atoms with Crippen LogP contribution in [0.15, 0.2) is 18.6 Å². The number of aromatic nitrogens is 6. The third kappa shape index (κ3) is 3.24. The molecule has 0 spiro atoms. The molecule has 0 unspecified atom stereocenters. The molecule has 4 rings (SSSR count). The summed E-state index contributed by atoms with van der Waals surface area (Å²) in [5, 5.41) is 7.24. The van der Waals surface area contributed by atoms with E-state index in [1.54, 1.807) is 4.52 Å². The van der Waals surface area contributed by atoms with E-state index in [1.165, 1.54) is 6.33 Å². The Morgan fingerprint density at radius 1 is 1.33 bits per heavy atom. The van der Waals surface area contributed by atoms with Gasteiger partial charge in [-0.2, -0.15) is 14.6 Å². The number of imidazole rings is 1. The average molecular weight is 368 g/mol. The minimum atomic E-state index is -0.000890. The molecule has 0 saturated heterocycles. The lowest BCUT2D eigenvalue weighted by Crippen LogP contribution is -2.38. The molecule has 1 aliphatic rings. The highest BCUT2D eigenvalue weighted by Gasteiger charge is 2.28. The number of rotatable bonds is 4. The van der Waals surface area contributed by atoms with Gasteiger partial charge in [0.25, 0.3) is 5.78 Å². The van der Waals surface area contributed by atoms with E-state index in [0.29, 0.717) is 12.2 Å². The smallest absolute Gasteiger partial charge is 0.254 e. The molecule has 1 aliphatic heterocycles. The van der Waals surface area contributed by atoms with Gasteiger partial charge in [0, 0.05) is 37.1 Å². The Labute approximate surface area is 157 Å². The topological polar surface area (TPSA) is 93.2 Å². The summed E-state index contributed by atoms with van der Waals surface area (Å²) >= 11 is 0. The Morgan fingerprint density at radius 2 is 2.15 bits per heavy atom. The van der Waals surface area contributed by atoms with E-state index in [-0.39, 0.29) is 18.0 Å². The first-order chi connectivity index (χ1) is 12.9. The van der Waals surface area contributed by atoms with Crippen molar-refractivity contribution in [3.63, 3.8) is 0 Å². The van der Waals surface area contributed by atoms with Crippen LogP contribution in [0.25, 0.3) is 5.78 Å². The fourth-order valence-corrected chi connectivity index (χ4v) is 3.60. The SMILES string of the molecule is Cc1cc(N2CCn3cc(CC(=O)NC(C)C)nc3[C@@H]2C)n2ncnc2n1. The number of hydrogen-bond acceptors (Lipinski definition) is 6. The molecule has 1 amide bonds. The van der Waals surface area contributed by atoms with Gasteiger partial charge in [0.15, 0.2) is 0 Å². The second-order valence-electron chi connectivity index (χ2n) is 7.28. The van der Waals surface area contributed by atoms with Crippen molar-refractivity contribution in [3.8, 4) is 0 Å². The molecule has 1 N–H and O–H groups in total. The van der Waals surface area contributed by atoms with Gasteiger partial charge in [-0.05, 0) is 27.7 Å². The largest absolute Gasteiger partial charge is 0.354 e. The summed E-state index contributed by atoms with van der Waals surface area (Å²) in [6.45, 7) is 9.61. The van der Waals surface area contributed by atoms with Crippen molar-refractivity contribution >= 4 is 17.5 Å². The van der Waals surface area contributed by atoms with E-state index in [1.807, 2.05) is 33.0 Å². The Morgan fingerprint density at radius 3 is 2.93 bits per heavy atom. The van der Waals surface area contributed by atoms with E-state index in [0.717, 1.165) is 36.1 Å². The molecule has 9 nitrogen and oxygen atoms in total. The molecule has 0 bridgehead atoms. The van der Waals surface area contributed by atoms with Crippen molar-refractivity contribution in [3.05, 3.63) is 35.8 Å². The number of fused-ring (bicyclic) bond motifs is 2. The molecular formula is C18H24N8O. The van der Waals surface area contributed by atoms with Crippen molar-refractivity contribution in [2.45, 2.75) is 52.7 Å². The minimum absolute atomic E-state index is 0.000890. The monoisotopic (exact) mass is 368 g/mol. The minimum Gasteiger partial charge on any atom is -0.354 e. The molecule has 0 aromatic carbocycles. The highest BCUT2D eigenvalue weighted by molar-refractivity contribution is 5.78. The Bertz CT molecular complexity index is 989. The molecule has 1 atom stereocenters. The van der Waals surface area contributed by atoms with E-state index < -0.39 is 0 Å². The standard InChI is InChI=1S/C18H24N8O/c1-11(2)21-15(27)8-14-9-24-5-6-25(13(4)17(24)23-14)16-7-12(3)22-18-19-10-20-26(16)18/h7,9-11,13H,5-6,8H2,1-4H3,(H,21,27)/t13-/m0/s1. The van der Waals surface area contributed by atoms with Gasteiger partial charge in [0.05, 0.1) is 18.2 Å². The van der Waals surface area contributed by atoms with Crippen LogP contribution in [0, 0.1) is 6.92 Å². The normalized spacial score (nSPS) is 16.8. The molecule has 27 heavy (non-hydrogen) atoms. The van der Waals surface area contributed by atoms with Gasteiger partial charge >= 0.3 is 0 Å². The molecule has 0 saturated carbocycles. The number of aryl methyl sites for hydroxylation is 1. The van der Waals surface area contributed by atoms with E-state index >= 15 is 0 Å². The molecule has 3 aromatic heterocycles. The summed E-state index contributed by atoms with van der Waals surface area (Å²) in [5.74, 6) is 2.50. The van der Waals surface area contributed by atoms with E-state index in [2.05, 4.69) is 36.8 Å². The lowest BCUT2D eigenvalue weighted by atomic mass is 10.2. The summed E-state index contributed by atoms with van der Waals surface area (Å²) in [5.41, 5.74) is 1.70. The van der Waals surface area contributed by atoms with Gasteiger partial charge in [0.1, 0.15) is 18.0 Å². The summed E-state index contributed by atoms with van der Waals surface area (Å²) in [4.78, 5) is 27.7. The Kier molecular flexibility index (Phi) is 4.29. The third-order valence-electron chi connectivity index (χ3n) is 4.73. The zero-order chi connectivity index (χ0) is 19.1. The number of hydrogen-bond donors (Lipinski definition) is 1. The number of anilines is 1. The second kappa shape index (κ2) is 6.64. The highest BCUT2D eigenvalue weighted by Crippen LogP contribution is 2.30. The lowest BCUT2D eigenvalue weighted by Gasteiger charge is -2.35. The quantitative estimate of drug-likeness (QED) is 0.746. The number of amides is 1. The Hall–Kier alpha value is -2.97. The van der Waals surface area contributed by atoms with Gasteiger partial charge < -0.3 is 14.8 Å². The van der Waals surface area contributed by atoms with Gasteiger partial charge in [-0.25, -0.2) is 9.97 Å². The zero-order valence-electron chi connectivity index (χ0n) is 16.0. The summed E-state index contributed by atoms with van der Waals surface area (Å²) in [6.07, 6.45) is 3.81. The molecule has 3 aromatic rings. The Balaban J connectivity index is 1.62. The first kappa shape index (κ1) is 17.4. The molecule has 142 valence electrons. The van der Waals surface area contributed by atoms with Gasteiger partial charge in [-0.15, -0.1) is 0 Å². The first-order valence-electron chi connectivity index (χ1n) is 9.21. The van der Waals surface area contributed by atoms with Crippen LogP contribution in [0.4, 0.5) is 5.82 Å². The second-order valence-corrected chi connectivity index (χ2v) is 7.28. The molecule has 0 aliphatic carbocycles. The lowest BCUT2D eigenvalue weighted by molar-refractivity contribution is -0.120. The van der Waals surface area contributed by atoms with Gasteiger partial charge in [0.2, 0.25) is 5.91 Å². The first-order valence-corrected chi connectivity index (χ1v) is 9.21. The van der Waals surface area contributed by atoms with E-state index in [9.17, 15) is 4.79 Å². The van der Waals surface area contributed by atoms with Crippen LogP contribution < -0.4 is 10.2 Å². The van der Waals surface area contributed by atoms with Crippen LogP contribution in [0.5, 0.6) is 0 Å². The van der Waals surface area contributed by atoms with Crippen molar-refractivity contribution in [1.82, 2.24) is 34.4 Å². The van der Waals surface area contributed by atoms with Crippen molar-refractivity contribution < 1.29 is 4.79 Å². The summed E-state index contributed by atoms with van der Waals surface area (Å²) < 4.78 is 3.91. The summed E-state index contributed by atoms with van der Waals surface area (Å²) in [6, 6.07) is 2.20. The fourth-order valence-electron chi connectivity index (χ4n) is 3.60. The molecule has 4 heterocycles. The van der Waals surface area contributed by atoms with Crippen molar-refractivity contribution in [2.24, 2.45) is 0 Å². The highest BCUT2D eigenvalue weighted by atomic mass is 16.1. The van der Waals surface area contributed by atoms with Crippen molar-refractivity contribution in [2.75, 3.05) is 11.4 Å².